The van der Waals surface area contributed by atoms with Crippen LogP contribution in [0.1, 0.15) is 91.2 Å². The lowest BCUT2D eigenvalue weighted by Crippen LogP contribution is -2.20. The van der Waals surface area contributed by atoms with E-state index in [1.807, 2.05) is 12.1 Å². The summed E-state index contributed by atoms with van der Waals surface area (Å²) in [7, 11) is 0. The maximum Gasteiger partial charge on any atom is 0.141 e. The minimum atomic E-state index is -0.383. The molecule has 2 unspecified atom stereocenters. The minimum absolute atomic E-state index is 0.142. The fraction of sp³-hybridized carbons (Fsp3) is 0.519. The Morgan fingerprint density at radius 3 is 2.45 bits per heavy atom. The van der Waals surface area contributed by atoms with Crippen molar-refractivity contribution in [3.8, 4) is 6.07 Å². The number of fused-ring (bicyclic) bond motifs is 3. The van der Waals surface area contributed by atoms with Crippen LogP contribution >= 0.6 is 0 Å². The van der Waals surface area contributed by atoms with E-state index in [4.69, 9.17) is 5.26 Å². The van der Waals surface area contributed by atoms with Crippen LogP contribution in [0.15, 0.2) is 30.3 Å². The zero-order valence-corrected chi connectivity index (χ0v) is 17.6. The molecule has 0 amide bonds. The molecule has 0 aliphatic heterocycles. The molecule has 0 radical (unpaired) electrons. The number of hydrogen-bond acceptors (Lipinski definition) is 1. The summed E-state index contributed by atoms with van der Waals surface area (Å²) in [6.07, 6.45) is 13.9. The lowest BCUT2D eigenvalue weighted by atomic mass is 9.73. The van der Waals surface area contributed by atoms with Crippen LogP contribution in [0.25, 0.3) is 0 Å². The van der Waals surface area contributed by atoms with Crippen molar-refractivity contribution in [2.24, 2.45) is 5.92 Å². The van der Waals surface area contributed by atoms with Crippen molar-refractivity contribution < 1.29 is 4.39 Å². The Balaban J connectivity index is 1.45. The summed E-state index contributed by atoms with van der Waals surface area (Å²) in [6, 6.07) is 11.8. The highest BCUT2D eigenvalue weighted by Gasteiger charge is 2.27. The molecule has 2 heteroatoms. The molecule has 1 nitrogen and oxygen atoms in total. The second-order valence-electron chi connectivity index (χ2n) is 9.09. The highest BCUT2D eigenvalue weighted by molar-refractivity contribution is 5.46. The molecule has 2 aromatic rings. The van der Waals surface area contributed by atoms with Gasteiger partial charge < -0.3 is 0 Å². The normalized spacial score (nSPS) is 20.6. The first-order chi connectivity index (χ1) is 14.2. The predicted octanol–water partition coefficient (Wildman–Crippen LogP) is 7.05. The van der Waals surface area contributed by atoms with Gasteiger partial charge in [0.25, 0.3) is 0 Å². The van der Waals surface area contributed by atoms with E-state index in [1.165, 1.54) is 56.9 Å². The van der Waals surface area contributed by atoms with Gasteiger partial charge in [0, 0.05) is 0 Å². The zero-order valence-electron chi connectivity index (χ0n) is 17.6. The molecule has 2 aliphatic rings. The molecule has 29 heavy (non-hydrogen) atoms. The van der Waals surface area contributed by atoms with Crippen LogP contribution in [0.2, 0.25) is 0 Å². The van der Waals surface area contributed by atoms with E-state index in [0.717, 1.165) is 30.7 Å². The lowest BCUT2D eigenvalue weighted by Gasteiger charge is -2.32. The van der Waals surface area contributed by atoms with Crippen molar-refractivity contribution in [1.29, 1.82) is 5.26 Å². The van der Waals surface area contributed by atoms with Crippen LogP contribution in [0.3, 0.4) is 0 Å². The molecule has 0 spiro atoms. The van der Waals surface area contributed by atoms with E-state index in [2.05, 4.69) is 19.1 Å². The van der Waals surface area contributed by atoms with Gasteiger partial charge in [-0.15, -0.1) is 0 Å². The van der Waals surface area contributed by atoms with Crippen LogP contribution in [0.4, 0.5) is 4.39 Å². The molecule has 0 bridgehead atoms. The van der Waals surface area contributed by atoms with E-state index in [0.29, 0.717) is 5.92 Å². The van der Waals surface area contributed by atoms with Crippen LogP contribution in [-0.2, 0) is 25.7 Å². The second-order valence-corrected chi connectivity index (χ2v) is 9.09. The van der Waals surface area contributed by atoms with Gasteiger partial charge >= 0.3 is 0 Å². The third-order valence-electron chi connectivity index (χ3n) is 7.20. The maximum absolute atomic E-state index is 14.1. The number of nitriles is 1. The van der Waals surface area contributed by atoms with Gasteiger partial charge in [0.05, 0.1) is 5.56 Å². The first-order valence-corrected chi connectivity index (χ1v) is 11.5. The van der Waals surface area contributed by atoms with Crippen LogP contribution in [0, 0.1) is 23.1 Å². The van der Waals surface area contributed by atoms with Gasteiger partial charge in [-0.25, -0.2) is 4.39 Å². The monoisotopic (exact) mass is 389 g/mol. The standard InChI is InChI=1S/C27H32FN/c1-2-3-4-5-6-19-7-13-25-22(15-19)9-10-23-16-20(12-14-26(23)25)21-8-11-24(18-29)27(28)17-21/h8-11,17,19-20H,2-7,12-16H2,1H3. The fourth-order valence-electron chi connectivity index (χ4n) is 5.51. The second kappa shape index (κ2) is 9.12. The fourth-order valence-corrected chi connectivity index (χ4v) is 5.51. The average molecular weight is 390 g/mol. The van der Waals surface area contributed by atoms with Gasteiger partial charge in [-0.2, -0.15) is 5.26 Å². The lowest BCUT2D eigenvalue weighted by molar-refractivity contribution is 0.403. The number of nitrogens with zero attached hydrogens (tertiary/aromatic N) is 1. The highest BCUT2D eigenvalue weighted by atomic mass is 19.1. The summed E-state index contributed by atoms with van der Waals surface area (Å²) in [5.74, 6) is 0.847. The smallest absolute Gasteiger partial charge is 0.141 e. The Kier molecular flexibility index (Phi) is 6.34. The Morgan fingerprint density at radius 2 is 1.72 bits per heavy atom. The number of halogens is 1. The van der Waals surface area contributed by atoms with E-state index >= 15 is 0 Å². The van der Waals surface area contributed by atoms with E-state index in [9.17, 15) is 4.39 Å². The van der Waals surface area contributed by atoms with Crippen LogP contribution in [-0.4, -0.2) is 0 Å². The summed E-state index contributed by atoms with van der Waals surface area (Å²) >= 11 is 0. The van der Waals surface area contributed by atoms with Crippen molar-refractivity contribution in [2.45, 2.75) is 83.5 Å². The van der Waals surface area contributed by atoms with Gasteiger partial charge in [0.1, 0.15) is 11.9 Å². The predicted molar refractivity (Wildman–Crippen MR) is 117 cm³/mol. The van der Waals surface area contributed by atoms with Gasteiger partial charge in [-0.05, 0) is 90.3 Å². The van der Waals surface area contributed by atoms with Crippen LogP contribution < -0.4 is 0 Å². The summed E-state index contributed by atoms with van der Waals surface area (Å²) in [5, 5.41) is 8.96. The number of hydrogen-bond donors (Lipinski definition) is 0. The molecule has 0 saturated heterocycles. The van der Waals surface area contributed by atoms with Crippen LogP contribution in [0.5, 0.6) is 0 Å². The van der Waals surface area contributed by atoms with Gasteiger partial charge in [-0.1, -0.05) is 57.2 Å². The molecule has 2 aliphatic carbocycles. The van der Waals surface area contributed by atoms with Crippen molar-refractivity contribution in [1.82, 2.24) is 0 Å². The SMILES string of the molecule is CCCCCCC1CCc2c(ccc3c2CCC(c2ccc(C#N)c(F)c2)C3)C1. The quantitative estimate of drug-likeness (QED) is 0.486. The third-order valence-corrected chi connectivity index (χ3v) is 7.20. The molecule has 4 rings (SSSR count). The summed E-state index contributed by atoms with van der Waals surface area (Å²) in [6.45, 7) is 2.28. The Hall–Kier alpha value is -2.14. The van der Waals surface area contributed by atoms with E-state index < -0.39 is 0 Å². The molecule has 0 N–H and O–H groups in total. The molecule has 0 aromatic heterocycles. The third kappa shape index (κ3) is 4.40. The largest absolute Gasteiger partial charge is 0.206 e. The van der Waals surface area contributed by atoms with Crippen molar-refractivity contribution in [3.05, 3.63) is 69.5 Å². The summed E-state index contributed by atoms with van der Waals surface area (Å²) < 4.78 is 14.1. The van der Waals surface area contributed by atoms with Crippen molar-refractivity contribution >= 4 is 0 Å². The zero-order chi connectivity index (χ0) is 20.2. The molecule has 2 atom stereocenters. The summed E-state index contributed by atoms with van der Waals surface area (Å²) in [4.78, 5) is 0. The topological polar surface area (TPSA) is 23.8 Å². The van der Waals surface area contributed by atoms with Crippen molar-refractivity contribution in [3.63, 3.8) is 0 Å². The highest BCUT2D eigenvalue weighted by Crippen LogP contribution is 2.39. The number of rotatable bonds is 6. The number of benzene rings is 2. The molecular formula is C27H32FN. The Labute approximate surface area is 175 Å². The molecule has 0 saturated carbocycles. The first kappa shape index (κ1) is 20.1. The van der Waals surface area contributed by atoms with Gasteiger partial charge in [-0.3, -0.25) is 0 Å². The maximum atomic E-state index is 14.1. The van der Waals surface area contributed by atoms with E-state index in [1.54, 1.807) is 28.8 Å². The molecule has 2 aromatic carbocycles. The Morgan fingerprint density at radius 1 is 0.966 bits per heavy atom. The molecular weight excluding hydrogens is 357 g/mol. The molecule has 152 valence electrons. The average Bonchev–Trinajstić information content (AvgIpc) is 2.76. The van der Waals surface area contributed by atoms with E-state index in [-0.39, 0.29) is 11.4 Å². The first-order valence-electron chi connectivity index (χ1n) is 11.5. The van der Waals surface area contributed by atoms with Gasteiger partial charge in [0.15, 0.2) is 0 Å². The number of unbranched alkanes of at least 4 members (excludes halogenated alkanes) is 3. The molecule has 0 fully saturated rings. The van der Waals surface area contributed by atoms with Gasteiger partial charge in [0.2, 0.25) is 0 Å². The van der Waals surface area contributed by atoms with Crippen molar-refractivity contribution in [2.75, 3.05) is 0 Å². The minimum Gasteiger partial charge on any atom is -0.206 e. The molecule has 0 heterocycles. The Bertz CT molecular complexity index is 907. The summed E-state index contributed by atoms with van der Waals surface area (Å²) in [5.41, 5.74) is 7.47.